The highest BCUT2D eigenvalue weighted by Gasteiger charge is 2.37. The second-order valence-corrected chi connectivity index (χ2v) is 10.7. The highest BCUT2D eigenvalue weighted by atomic mass is 32.1. The van der Waals surface area contributed by atoms with Gasteiger partial charge in [0.2, 0.25) is 0 Å². The summed E-state index contributed by atoms with van der Waals surface area (Å²) in [5.74, 6) is -0.318. The molecule has 3 heterocycles. The average molecular weight is 581 g/mol. The molecule has 0 bridgehead atoms. The predicted molar refractivity (Wildman–Crippen MR) is 154 cm³/mol. The number of ether oxygens (including phenoxy) is 3. The van der Waals surface area contributed by atoms with Gasteiger partial charge in [-0.1, -0.05) is 18.2 Å². The van der Waals surface area contributed by atoms with E-state index in [1.54, 1.807) is 43.8 Å². The lowest BCUT2D eigenvalue weighted by atomic mass is 9.99. The zero-order valence-corrected chi connectivity index (χ0v) is 23.9. The molecule has 11 heteroatoms. The molecule has 0 N–H and O–H groups in total. The number of hydrazone groups is 1. The maximum atomic E-state index is 14.7. The van der Waals surface area contributed by atoms with Crippen LogP contribution in [0.4, 0.5) is 4.39 Å². The molecular weight excluding hydrogens is 547 g/mol. The van der Waals surface area contributed by atoms with E-state index < -0.39 is 17.8 Å². The van der Waals surface area contributed by atoms with E-state index in [4.69, 9.17) is 19.3 Å². The molecule has 2 amide bonds. The number of amides is 2. The van der Waals surface area contributed by atoms with Crippen LogP contribution in [0.1, 0.15) is 33.3 Å². The highest BCUT2D eigenvalue weighted by molar-refractivity contribution is 7.12. The van der Waals surface area contributed by atoms with E-state index in [2.05, 4.69) is 4.90 Å². The SMILES string of the molecule is COc1ccc(OC)c([C@H]2CC(c3cccs3)=NN2C(=O)CN(CCN2CCOCC2)C(=O)c2ccccc2F)c1. The van der Waals surface area contributed by atoms with Crippen LogP contribution in [0, 0.1) is 5.82 Å². The summed E-state index contributed by atoms with van der Waals surface area (Å²) < 4.78 is 31.2. The summed E-state index contributed by atoms with van der Waals surface area (Å²) in [7, 11) is 3.16. The van der Waals surface area contributed by atoms with Crippen molar-refractivity contribution in [3.63, 3.8) is 0 Å². The third kappa shape index (κ3) is 6.58. The van der Waals surface area contributed by atoms with E-state index >= 15 is 0 Å². The number of morpholine rings is 1. The normalized spacial score (nSPS) is 17.3. The molecule has 0 radical (unpaired) electrons. The van der Waals surface area contributed by atoms with Gasteiger partial charge in [-0.15, -0.1) is 11.3 Å². The van der Waals surface area contributed by atoms with E-state index in [1.165, 1.54) is 28.1 Å². The minimum Gasteiger partial charge on any atom is -0.497 e. The summed E-state index contributed by atoms with van der Waals surface area (Å²) in [6, 6.07) is 14.7. The smallest absolute Gasteiger partial charge is 0.262 e. The number of thiophene rings is 1. The van der Waals surface area contributed by atoms with Crippen molar-refractivity contribution in [2.75, 3.05) is 60.2 Å². The average Bonchev–Trinajstić information content (AvgIpc) is 3.70. The quantitative estimate of drug-likeness (QED) is 0.360. The summed E-state index contributed by atoms with van der Waals surface area (Å²) in [6.07, 6.45) is 0.463. The minimum atomic E-state index is -0.625. The summed E-state index contributed by atoms with van der Waals surface area (Å²) in [4.78, 5) is 32.1. The molecular formula is C30H33FN4O5S. The zero-order valence-electron chi connectivity index (χ0n) is 23.1. The van der Waals surface area contributed by atoms with Crippen LogP contribution in [-0.2, 0) is 9.53 Å². The molecule has 216 valence electrons. The molecule has 2 aliphatic heterocycles. The van der Waals surface area contributed by atoms with Gasteiger partial charge in [0.1, 0.15) is 23.9 Å². The summed E-state index contributed by atoms with van der Waals surface area (Å²) in [5, 5.41) is 8.14. The monoisotopic (exact) mass is 580 g/mol. The lowest BCUT2D eigenvalue weighted by Gasteiger charge is -2.31. The molecule has 0 aliphatic carbocycles. The molecule has 3 aromatic rings. The molecule has 9 nitrogen and oxygen atoms in total. The maximum Gasteiger partial charge on any atom is 0.262 e. The van der Waals surface area contributed by atoms with Gasteiger partial charge < -0.3 is 19.1 Å². The van der Waals surface area contributed by atoms with Gasteiger partial charge >= 0.3 is 0 Å². The Labute approximate surface area is 242 Å². The number of carbonyl (C=O) groups excluding carboxylic acids is 2. The van der Waals surface area contributed by atoms with Crippen molar-refractivity contribution in [2.24, 2.45) is 5.10 Å². The summed E-state index contributed by atoms with van der Waals surface area (Å²) >= 11 is 1.54. The van der Waals surface area contributed by atoms with Crippen LogP contribution < -0.4 is 9.47 Å². The van der Waals surface area contributed by atoms with Crippen LogP contribution in [0.5, 0.6) is 11.5 Å². The van der Waals surface area contributed by atoms with Crippen molar-refractivity contribution in [3.8, 4) is 11.5 Å². The number of benzene rings is 2. The third-order valence-electron chi connectivity index (χ3n) is 7.27. The predicted octanol–water partition coefficient (Wildman–Crippen LogP) is 4.06. The Morgan fingerprint density at radius 2 is 1.90 bits per heavy atom. The summed E-state index contributed by atoms with van der Waals surface area (Å²) in [6.45, 7) is 3.20. The van der Waals surface area contributed by atoms with Gasteiger partial charge in [0.15, 0.2) is 0 Å². The molecule has 5 rings (SSSR count). The van der Waals surface area contributed by atoms with Gasteiger partial charge in [0.05, 0.1) is 49.6 Å². The first-order valence-electron chi connectivity index (χ1n) is 13.5. The van der Waals surface area contributed by atoms with Crippen LogP contribution in [-0.4, -0.2) is 92.5 Å². The van der Waals surface area contributed by atoms with E-state index in [9.17, 15) is 14.0 Å². The van der Waals surface area contributed by atoms with Gasteiger partial charge in [-0.05, 0) is 41.8 Å². The standard InChI is InChI=1S/C30H33FN4O5S/c1-38-21-9-10-27(39-2)23(18-21)26-19-25(28-8-5-17-41-28)32-35(26)29(36)20-34(12-11-33-13-15-40-16-14-33)30(37)22-6-3-4-7-24(22)31/h3-10,17-18,26H,11-16,19-20H2,1-2H3/t26-/m1/s1. The van der Waals surface area contributed by atoms with Crippen molar-refractivity contribution in [1.82, 2.24) is 14.8 Å². The van der Waals surface area contributed by atoms with Crippen molar-refractivity contribution in [2.45, 2.75) is 12.5 Å². The second kappa shape index (κ2) is 13.2. The second-order valence-electron chi connectivity index (χ2n) is 9.75. The van der Waals surface area contributed by atoms with E-state index in [0.29, 0.717) is 37.7 Å². The Hall–Kier alpha value is -3.80. The number of methoxy groups -OCH3 is 2. The minimum absolute atomic E-state index is 0.0718. The first-order chi connectivity index (χ1) is 20.0. The van der Waals surface area contributed by atoms with Crippen molar-refractivity contribution >= 4 is 28.9 Å². The van der Waals surface area contributed by atoms with Gasteiger partial charge in [0.25, 0.3) is 11.8 Å². The lowest BCUT2D eigenvalue weighted by Crippen LogP contribution is -2.46. The third-order valence-corrected chi connectivity index (χ3v) is 8.19. The highest BCUT2D eigenvalue weighted by Crippen LogP contribution is 2.40. The van der Waals surface area contributed by atoms with Gasteiger partial charge in [-0.3, -0.25) is 14.5 Å². The Morgan fingerprint density at radius 3 is 2.61 bits per heavy atom. The summed E-state index contributed by atoms with van der Waals surface area (Å²) in [5.41, 5.74) is 1.44. The van der Waals surface area contributed by atoms with E-state index in [1.807, 2.05) is 23.6 Å². The Balaban J connectivity index is 1.45. The molecule has 1 atom stereocenters. The number of rotatable bonds is 10. The van der Waals surface area contributed by atoms with E-state index in [-0.39, 0.29) is 24.6 Å². The molecule has 1 fully saturated rings. The van der Waals surface area contributed by atoms with Crippen molar-refractivity contribution in [1.29, 1.82) is 0 Å². The van der Waals surface area contributed by atoms with Crippen LogP contribution in [0.15, 0.2) is 65.1 Å². The first-order valence-corrected chi connectivity index (χ1v) is 14.4. The number of carbonyl (C=O) groups is 2. The largest absolute Gasteiger partial charge is 0.497 e. The topological polar surface area (TPSA) is 83.9 Å². The van der Waals surface area contributed by atoms with Crippen molar-refractivity contribution in [3.05, 3.63) is 81.8 Å². The van der Waals surface area contributed by atoms with Crippen LogP contribution >= 0.6 is 11.3 Å². The molecule has 1 aromatic heterocycles. The fourth-order valence-electron chi connectivity index (χ4n) is 5.05. The molecule has 0 unspecified atom stereocenters. The van der Waals surface area contributed by atoms with Crippen LogP contribution in [0.3, 0.4) is 0 Å². The fraction of sp³-hybridized carbons (Fsp3) is 0.367. The number of hydrogen-bond donors (Lipinski definition) is 0. The van der Waals surface area contributed by atoms with Gasteiger partial charge in [-0.25, -0.2) is 9.40 Å². The number of hydrogen-bond acceptors (Lipinski definition) is 8. The number of halogens is 1. The molecule has 2 aliphatic rings. The zero-order chi connectivity index (χ0) is 28.8. The molecule has 1 saturated heterocycles. The molecule has 2 aromatic carbocycles. The lowest BCUT2D eigenvalue weighted by molar-refractivity contribution is -0.133. The van der Waals surface area contributed by atoms with Crippen LogP contribution in [0.2, 0.25) is 0 Å². The van der Waals surface area contributed by atoms with Gasteiger partial charge in [0, 0.05) is 38.2 Å². The molecule has 0 spiro atoms. The van der Waals surface area contributed by atoms with Crippen LogP contribution in [0.25, 0.3) is 0 Å². The Kier molecular flexibility index (Phi) is 9.28. The number of nitrogens with zero attached hydrogens (tertiary/aromatic N) is 4. The van der Waals surface area contributed by atoms with E-state index in [0.717, 1.165) is 29.2 Å². The van der Waals surface area contributed by atoms with Crippen molar-refractivity contribution < 1.29 is 28.2 Å². The molecule has 41 heavy (non-hydrogen) atoms. The maximum absolute atomic E-state index is 14.7. The Bertz CT molecular complexity index is 1390. The fourth-order valence-corrected chi connectivity index (χ4v) is 5.78. The molecule has 0 saturated carbocycles. The van der Waals surface area contributed by atoms with Gasteiger partial charge in [-0.2, -0.15) is 5.10 Å². The first kappa shape index (κ1) is 28.7. The Morgan fingerprint density at radius 1 is 1.10 bits per heavy atom.